The fourth-order valence-corrected chi connectivity index (χ4v) is 6.34. The highest BCUT2D eigenvalue weighted by Gasteiger charge is 2.23. The first-order valence-electron chi connectivity index (χ1n) is 16.3. The quantitative estimate of drug-likeness (QED) is 0.165. The van der Waals surface area contributed by atoms with E-state index in [1.807, 2.05) is 47.0 Å². The van der Waals surface area contributed by atoms with E-state index in [-0.39, 0.29) is 5.56 Å². The summed E-state index contributed by atoms with van der Waals surface area (Å²) >= 11 is 0. The van der Waals surface area contributed by atoms with E-state index < -0.39 is 23.2 Å². The van der Waals surface area contributed by atoms with Gasteiger partial charge in [-0.25, -0.2) is 23.7 Å². The minimum atomic E-state index is -0.862. The SMILES string of the molecule is COc1cc(N2CCC(N(C)C)CC2)ccc1Nc1nccc(-c2c(-c3cccc(C(=O)Nc4c(F)cccc4F)c3)nc3ccccn23)n1. The van der Waals surface area contributed by atoms with Crippen molar-refractivity contribution in [1.29, 1.82) is 0 Å². The molecule has 50 heavy (non-hydrogen) atoms. The molecule has 1 saturated heterocycles. The van der Waals surface area contributed by atoms with Crippen molar-refractivity contribution in [2.45, 2.75) is 18.9 Å². The predicted molar refractivity (Wildman–Crippen MR) is 191 cm³/mol. The fraction of sp³-hybridized carbons (Fsp3) is 0.211. The van der Waals surface area contributed by atoms with Crippen LogP contribution in [0.3, 0.4) is 0 Å². The Balaban J connectivity index is 1.18. The normalized spacial score (nSPS) is 13.5. The van der Waals surface area contributed by atoms with E-state index >= 15 is 0 Å². The molecule has 3 aromatic carbocycles. The summed E-state index contributed by atoms with van der Waals surface area (Å²) in [7, 11) is 5.92. The van der Waals surface area contributed by atoms with Gasteiger partial charge in [0.1, 0.15) is 28.7 Å². The van der Waals surface area contributed by atoms with Crippen molar-refractivity contribution in [3.8, 4) is 28.4 Å². The zero-order valence-corrected chi connectivity index (χ0v) is 27.9. The molecule has 1 aliphatic heterocycles. The van der Waals surface area contributed by atoms with Gasteiger partial charge in [0.25, 0.3) is 5.91 Å². The van der Waals surface area contributed by atoms with Gasteiger partial charge in [-0.1, -0.05) is 24.3 Å². The summed E-state index contributed by atoms with van der Waals surface area (Å²) in [6.45, 7) is 1.95. The fourth-order valence-electron chi connectivity index (χ4n) is 6.34. The van der Waals surface area contributed by atoms with Gasteiger partial charge in [-0.2, -0.15) is 0 Å². The summed E-state index contributed by atoms with van der Waals surface area (Å²) in [5, 5.41) is 5.68. The van der Waals surface area contributed by atoms with E-state index in [0.29, 0.717) is 46.0 Å². The van der Waals surface area contributed by atoms with Gasteiger partial charge in [-0.05, 0) is 81.5 Å². The number of pyridine rings is 1. The molecule has 0 atom stereocenters. The highest BCUT2D eigenvalue weighted by Crippen LogP contribution is 2.35. The number of imidazole rings is 1. The van der Waals surface area contributed by atoms with Gasteiger partial charge in [0, 0.05) is 54.4 Å². The predicted octanol–water partition coefficient (Wildman–Crippen LogP) is 7.27. The lowest BCUT2D eigenvalue weighted by atomic mass is 10.0. The van der Waals surface area contributed by atoms with E-state index in [1.54, 1.807) is 37.6 Å². The van der Waals surface area contributed by atoms with E-state index in [0.717, 1.165) is 49.4 Å². The van der Waals surface area contributed by atoms with Gasteiger partial charge >= 0.3 is 0 Å². The Morgan fingerprint density at radius 3 is 2.46 bits per heavy atom. The molecule has 0 aliphatic carbocycles. The lowest BCUT2D eigenvalue weighted by Crippen LogP contribution is -2.41. The molecule has 0 unspecified atom stereocenters. The van der Waals surface area contributed by atoms with Crippen LogP contribution in [0.5, 0.6) is 5.75 Å². The number of hydrogen-bond acceptors (Lipinski definition) is 8. The van der Waals surface area contributed by atoms with E-state index in [4.69, 9.17) is 14.7 Å². The molecule has 2 N–H and O–H groups in total. The first-order chi connectivity index (χ1) is 24.3. The number of benzene rings is 3. The minimum absolute atomic E-state index is 0.204. The number of rotatable bonds is 9. The Hall–Kier alpha value is -5.88. The Bertz CT molecular complexity index is 2160. The second kappa shape index (κ2) is 13.9. The van der Waals surface area contributed by atoms with Crippen LogP contribution in [0.4, 0.5) is 31.8 Å². The lowest BCUT2D eigenvalue weighted by Gasteiger charge is -2.36. The van der Waals surface area contributed by atoms with Gasteiger partial charge in [-0.3, -0.25) is 9.20 Å². The zero-order valence-electron chi connectivity index (χ0n) is 27.9. The van der Waals surface area contributed by atoms with Gasteiger partial charge in [-0.15, -0.1) is 0 Å². The number of carbonyl (C=O) groups excluding carboxylic acids is 1. The first kappa shape index (κ1) is 32.7. The number of anilines is 4. The summed E-state index contributed by atoms with van der Waals surface area (Å²) in [6, 6.07) is 24.3. The standard InChI is InChI=1S/C38H36F2N8O2/c1-46(2)26-16-20-47(21-17-26)27-13-14-30(32(23-27)50-3)42-38-41-18-15-31(43-38)36-34(44-33-12-4-5-19-48(33)36)24-8-6-9-25(22-24)37(49)45-35-28(39)10-7-11-29(35)40/h4-15,18-19,22-23,26H,16-17,20-21H2,1-3H3,(H,45,49)(H,41,42,43). The average molecular weight is 675 g/mol. The number of carbonyl (C=O) groups is 1. The van der Waals surface area contributed by atoms with Crippen LogP contribution in [-0.2, 0) is 0 Å². The number of amides is 1. The van der Waals surface area contributed by atoms with Gasteiger partial charge in [0.2, 0.25) is 5.95 Å². The molecule has 6 aromatic rings. The number of aromatic nitrogens is 4. The van der Waals surface area contributed by atoms with Crippen molar-refractivity contribution in [2.24, 2.45) is 0 Å². The maximum atomic E-state index is 14.3. The van der Waals surface area contributed by atoms with Gasteiger partial charge < -0.3 is 25.2 Å². The highest BCUT2D eigenvalue weighted by molar-refractivity contribution is 6.05. The molecule has 1 fully saturated rings. The number of halogens is 2. The van der Waals surface area contributed by atoms with Gasteiger partial charge in [0.15, 0.2) is 0 Å². The molecule has 4 heterocycles. The van der Waals surface area contributed by atoms with E-state index in [1.165, 1.54) is 6.07 Å². The number of para-hydroxylation sites is 1. The third-order valence-electron chi connectivity index (χ3n) is 9.02. The molecule has 0 saturated carbocycles. The minimum Gasteiger partial charge on any atom is -0.494 e. The number of piperidine rings is 1. The number of nitrogens with zero attached hydrogens (tertiary/aromatic N) is 6. The third kappa shape index (κ3) is 6.57. The average Bonchev–Trinajstić information content (AvgIpc) is 3.53. The molecule has 1 amide bonds. The Kier molecular flexibility index (Phi) is 9.09. The number of nitrogens with one attached hydrogen (secondary N) is 2. The van der Waals surface area contributed by atoms with E-state index in [9.17, 15) is 13.6 Å². The number of methoxy groups -OCH3 is 1. The smallest absolute Gasteiger partial charge is 0.255 e. The zero-order chi connectivity index (χ0) is 34.8. The van der Waals surface area contributed by atoms with Crippen LogP contribution < -0.4 is 20.3 Å². The molecule has 1 aliphatic rings. The molecule has 0 bridgehead atoms. The summed E-state index contributed by atoms with van der Waals surface area (Å²) in [6.07, 6.45) is 5.76. The number of fused-ring (bicyclic) bond motifs is 1. The summed E-state index contributed by atoms with van der Waals surface area (Å²) in [5.74, 6) is -1.35. The summed E-state index contributed by atoms with van der Waals surface area (Å²) < 4.78 is 36.3. The number of ether oxygens (including phenoxy) is 1. The van der Waals surface area contributed by atoms with Crippen molar-refractivity contribution < 1.29 is 18.3 Å². The molecule has 0 radical (unpaired) electrons. The Morgan fingerprint density at radius 1 is 0.920 bits per heavy atom. The monoisotopic (exact) mass is 674 g/mol. The van der Waals surface area contributed by atoms with Crippen LogP contribution in [0.25, 0.3) is 28.3 Å². The Morgan fingerprint density at radius 2 is 1.70 bits per heavy atom. The maximum absolute atomic E-state index is 14.3. The maximum Gasteiger partial charge on any atom is 0.255 e. The molecular formula is C38H36F2N8O2. The largest absolute Gasteiger partial charge is 0.494 e. The van der Waals surface area contributed by atoms with Crippen LogP contribution in [0.1, 0.15) is 23.2 Å². The number of hydrogen-bond donors (Lipinski definition) is 2. The van der Waals surface area contributed by atoms with Crippen LogP contribution in [0.15, 0.2) is 97.3 Å². The van der Waals surface area contributed by atoms with E-state index in [2.05, 4.69) is 45.6 Å². The van der Waals surface area contributed by atoms with Crippen molar-refractivity contribution in [1.82, 2.24) is 24.3 Å². The van der Waals surface area contributed by atoms with Crippen LogP contribution >= 0.6 is 0 Å². The second-order valence-electron chi connectivity index (χ2n) is 12.3. The third-order valence-corrected chi connectivity index (χ3v) is 9.02. The van der Waals surface area contributed by atoms with Crippen LogP contribution in [-0.4, -0.2) is 70.5 Å². The molecule has 12 heteroatoms. The van der Waals surface area contributed by atoms with Crippen molar-refractivity contribution in [3.05, 3.63) is 115 Å². The van der Waals surface area contributed by atoms with Crippen LogP contribution in [0.2, 0.25) is 0 Å². The first-order valence-corrected chi connectivity index (χ1v) is 16.3. The van der Waals surface area contributed by atoms with Crippen LogP contribution in [0, 0.1) is 11.6 Å². The molecule has 10 nitrogen and oxygen atoms in total. The lowest BCUT2D eigenvalue weighted by molar-refractivity contribution is 0.102. The molecular weight excluding hydrogens is 638 g/mol. The van der Waals surface area contributed by atoms with Crippen molar-refractivity contribution >= 4 is 34.6 Å². The molecule has 7 rings (SSSR count). The van der Waals surface area contributed by atoms with Gasteiger partial charge in [0.05, 0.1) is 29.9 Å². The molecule has 0 spiro atoms. The molecule has 254 valence electrons. The molecule has 3 aromatic heterocycles. The Labute approximate surface area is 288 Å². The van der Waals surface area contributed by atoms with Crippen molar-refractivity contribution in [2.75, 3.05) is 49.8 Å². The second-order valence-corrected chi connectivity index (χ2v) is 12.3. The summed E-state index contributed by atoms with van der Waals surface area (Å²) in [4.78, 5) is 32.1. The highest BCUT2D eigenvalue weighted by atomic mass is 19.1. The van der Waals surface area contributed by atoms with Crippen molar-refractivity contribution in [3.63, 3.8) is 0 Å². The summed E-state index contributed by atoms with van der Waals surface area (Å²) in [5.41, 5.74) is 4.62. The topological polar surface area (TPSA) is 99.9 Å².